The molecule has 0 saturated carbocycles. The van der Waals surface area contributed by atoms with Gasteiger partial charge in [-0.3, -0.25) is 0 Å². The predicted octanol–water partition coefficient (Wildman–Crippen LogP) is 2.69. The van der Waals surface area contributed by atoms with Gasteiger partial charge in [0, 0.05) is 32.4 Å². The number of nitrogens with zero attached hydrogens (tertiary/aromatic N) is 4. The van der Waals surface area contributed by atoms with E-state index in [0.717, 1.165) is 37.6 Å². The Labute approximate surface area is 159 Å². The number of carbonyl (C=O) groups is 1. The summed E-state index contributed by atoms with van der Waals surface area (Å²) in [6.45, 7) is 9.89. The average molecular weight is 370 g/mol. The van der Waals surface area contributed by atoms with Crippen molar-refractivity contribution < 1.29 is 14.3 Å². The fraction of sp³-hybridized carbons (Fsp3) is 0.450. The third-order valence-corrected chi connectivity index (χ3v) is 4.53. The number of hydrogen-bond donors (Lipinski definition) is 0. The Hall–Kier alpha value is -2.83. The van der Waals surface area contributed by atoms with Crippen LogP contribution in [0, 0.1) is 6.92 Å². The van der Waals surface area contributed by atoms with E-state index in [4.69, 9.17) is 9.47 Å². The summed E-state index contributed by atoms with van der Waals surface area (Å²) in [4.78, 5) is 25.3. The third kappa shape index (κ3) is 4.30. The molecule has 0 spiro atoms. The standard InChI is InChI=1S/C20H26N4O3/c1-4-26-18-9-7-6-8-17(18)23-10-12-24(13-11-23)20-21-14-16(15(3)22-20)19(25)27-5-2/h6-9,14H,4-5,10-13H2,1-3H3. The van der Waals surface area contributed by atoms with Crippen molar-refractivity contribution in [2.75, 3.05) is 49.2 Å². The van der Waals surface area contributed by atoms with Crippen molar-refractivity contribution in [1.82, 2.24) is 9.97 Å². The molecule has 0 amide bonds. The summed E-state index contributed by atoms with van der Waals surface area (Å²) in [6, 6.07) is 8.12. The zero-order chi connectivity index (χ0) is 19.2. The molecular weight excluding hydrogens is 344 g/mol. The van der Waals surface area contributed by atoms with Crippen LogP contribution in [0.25, 0.3) is 0 Å². The van der Waals surface area contributed by atoms with E-state index in [1.165, 1.54) is 0 Å². The van der Waals surface area contributed by atoms with E-state index in [0.29, 0.717) is 30.4 Å². The summed E-state index contributed by atoms with van der Waals surface area (Å²) < 4.78 is 10.8. The molecule has 1 aromatic carbocycles. The largest absolute Gasteiger partial charge is 0.492 e. The normalized spacial score (nSPS) is 14.2. The molecule has 0 bridgehead atoms. The maximum atomic E-state index is 11.9. The van der Waals surface area contributed by atoms with Gasteiger partial charge in [0.25, 0.3) is 0 Å². The molecule has 2 heterocycles. The van der Waals surface area contributed by atoms with E-state index in [9.17, 15) is 4.79 Å². The van der Waals surface area contributed by atoms with E-state index in [2.05, 4.69) is 25.8 Å². The summed E-state index contributed by atoms with van der Waals surface area (Å²) in [7, 11) is 0. The van der Waals surface area contributed by atoms with Crippen LogP contribution in [0.3, 0.4) is 0 Å². The Morgan fingerprint density at radius 3 is 2.44 bits per heavy atom. The number of esters is 1. The zero-order valence-corrected chi connectivity index (χ0v) is 16.1. The third-order valence-electron chi connectivity index (χ3n) is 4.53. The molecule has 1 saturated heterocycles. The molecule has 1 aromatic heterocycles. The molecule has 7 nitrogen and oxygen atoms in total. The highest BCUT2D eigenvalue weighted by Crippen LogP contribution is 2.29. The zero-order valence-electron chi connectivity index (χ0n) is 16.1. The van der Waals surface area contributed by atoms with Gasteiger partial charge < -0.3 is 19.3 Å². The SMILES string of the molecule is CCOC(=O)c1cnc(N2CCN(c3ccccc3OCC)CC2)nc1C. The molecule has 2 aromatic rings. The number of benzene rings is 1. The fourth-order valence-corrected chi connectivity index (χ4v) is 3.16. The van der Waals surface area contributed by atoms with Crippen LogP contribution in [-0.2, 0) is 4.74 Å². The van der Waals surface area contributed by atoms with Crippen LogP contribution in [0.5, 0.6) is 5.75 Å². The van der Waals surface area contributed by atoms with E-state index < -0.39 is 0 Å². The monoisotopic (exact) mass is 370 g/mol. The number of anilines is 2. The molecule has 0 N–H and O–H groups in total. The molecule has 1 fully saturated rings. The predicted molar refractivity (Wildman–Crippen MR) is 105 cm³/mol. The number of para-hydroxylation sites is 2. The van der Waals surface area contributed by atoms with Gasteiger partial charge >= 0.3 is 5.97 Å². The van der Waals surface area contributed by atoms with E-state index in [1.54, 1.807) is 13.1 Å². The minimum absolute atomic E-state index is 0.338. The molecule has 7 heteroatoms. The first-order valence-corrected chi connectivity index (χ1v) is 9.36. The van der Waals surface area contributed by atoms with Gasteiger partial charge in [-0.15, -0.1) is 0 Å². The number of aryl methyl sites for hydroxylation is 1. The van der Waals surface area contributed by atoms with Crippen molar-refractivity contribution in [1.29, 1.82) is 0 Å². The van der Waals surface area contributed by atoms with Crippen molar-refractivity contribution in [3.8, 4) is 5.75 Å². The average Bonchev–Trinajstić information content (AvgIpc) is 2.69. The lowest BCUT2D eigenvalue weighted by molar-refractivity contribution is 0.0524. The molecule has 3 rings (SSSR count). The highest BCUT2D eigenvalue weighted by atomic mass is 16.5. The lowest BCUT2D eigenvalue weighted by Gasteiger charge is -2.36. The first-order valence-electron chi connectivity index (χ1n) is 9.36. The minimum atomic E-state index is -0.376. The van der Waals surface area contributed by atoms with Gasteiger partial charge in [0.2, 0.25) is 5.95 Å². The molecular formula is C20H26N4O3. The number of aromatic nitrogens is 2. The second-order valence-corrected chi connectivity index (χ2v) is 6.26. The Bertz CT molecular complexity index is 789. The van der Waals surface area contributed by atoms with Crippen LogP contribution in [0.15, 0.2) is 30.5 Å². The number of carbonyl (C=O) groups excluding carboxylic acids is 1. The summed E-state index contributed by atoms with van der Waals surface area (Å²) in [5.74, 6) is 1.19. The fourth-order valence-electron chi connectivity index (χ4n) is 3.16. The second kappa shape index (κ2) is 8.70. The van der Waals surface area contributed by atoms with Gasteiger partial charge in [0.05, 0.1) is 30.2 Å². The summed E-state index contributed by atoms with van der Waals surface area (Å²) in [5, 5.41) is 0. The summed E-state index contributed by atoms with van der Waals surface area (Å²) in [6.07, 6.45) is 1.56. The van der Waals surface area contributed by atoms with Crippen molar-refractivity contribution in [3.05, 3.63) is 41.7 Å². The highest BCUT2D eigenvalue weighted by molar-refractivity contribution is 5.90. The van der Waals surface area contributed by atoms with Crippen molar-refractivity contribution in [3.63, 3.8) is 0 Å². The smallest absolute Gasteiger partial charge is 0.341 e. The topological polar surface area (TPSA) is 67.8 Å². The van der Waals surface area contributed by atoms with Gasteiger partial charge in [-0.05, 0) is 32.9 Å². The van der Waals surface area contributed by atoms with Crippen molar-refractivity contribution >= 4 is 17.6 Å². The lowest BCUT2D eigenvalue weighted by Crippen LogP contribution is -2.47. The van der Waals surface area contributed by atoms with Crippen LogP contribution in [0.2, 0.25) is 0 Å². The molecule has 1 aliphatic rings. The first kappa shape index (κ1) is 18.9. The van der Waals surface area contributed by atoms with Crippen LogP contribution in [-0.4, -0.2) is 55.3 Å². The van der Waals surface area contributed by atoms with Gasteiger partial charge in [-0.25, -0.2) is 14.8 Å². The number of ether oxygens (including phenoxy) is 2. The van der Waals surface area contributed by atoms with Gasteiger partial charge in [-0.2, -0.15) is 0 Å². The quantitative estimate of drug-likeness (QED) is 0.724. The van der Waals surface area contributed by atoms with Crippen molar-refractivity contribution in [2.45, 2.75) is 20.8 Å². The Morgan fingerprint density at radius 2 is 1.78 bits per heavy atom. The molecule has 0 aliphatic carbocycles. The second-order valence-electron chi connectivity index (χ2n) is 6.26. The molecule has 144 valence electrons. The lowest BCUT2D eigenvalue weighted by atomic mass is 10.2. The summed E-state index contributed by atoms with van der Waals surface area (Å²) >= 11 is 0. The minimum Gasteiger partial charge on any atom is -0.492 e. The highest BCUT2D eigenvalue weighted by Gasteiger charge is 2.22. The van der Waals surface area contributed by atoms with Crippen LogP contribution in [0.4, 0.5) is 11.6 Å². The molecule has 0 radical (unpaired) electrons. The maximum Gasteiger partial charge on any atom is 0.341 e. The van der Waals surface area contributed by atoms with Crippen LogP contribution >= 0.6 is 0 Å². The maximum absolute atomic E-state index is 11.9. The molecule has 0 unspecified atom stereocenters. The van der Waals surface area contributed by atoms with Crippen molar-refractivity contribution in [2.24, 2.45) is 0 Å². The van der Waals surface area contributed by atoms with E-state index in [1.807, 2.05) is 32.0 Å². The number of rotatable bonds is 6. The van der Waals surface area contributed by atoms with Gasteiger partial charge in [0.15, 0.2) is 0 Å². The Morgan fingerprint density at radius 1 is 1.07 bits per heavy atom. The molecule has 27 heavy (non-hydrogen) atoms. The van der Waals surface area contributed by atoms with Crippen LogP contribution < -0.4 is 14.5 Å². The Balaban J connectivity index is 1.67. The van der Waals surface area contributed by atoms with Gasteiger partial charge in [-0.1, -0.05) is 12.1 Å². The van der Waals surface area contributed by atoms with Crippen LogP contribution in [0.1, 0.15) is 29.9 Å². The van der Waals surface area contributed by atoms with Gasteiger partial charge in [0.1, 0.15) is 5.75 Å². The Kier molecular flexibility index (Phi) is 6.11. The molecule has 0 atom stereocenters. The number of piperazine rings is 1. The number of hydrogen-bond acceptors (Lipinski definition) is 7. The first-order chi connectivity index (χ1) is 13.1. The van der Waals surface area contributed by atoms with E-state index >= 15 is 0 Å². The molecule has 1 aliphatic heterocycles. The summed E-state index contributed by atoms with van der Waals surface area (Å²) in [5.41, 5.74) is 2.18. The van der Waals surface area contributed by atoms with E-state index in [-0.39, 0.29) is 5.97 Å².